The molecule has 0 spiro atoms. The highest BCUT2D eigenvalue weighted by atomic mass is 35.5. The standard InChI is InChI=1S/C26H22F2N4OS2.ClH/c1-31(2)10-6-11-32(26-30-24-19(28)13-16(27)14-23(24)35-26)25(33)18-15-21(22-9-5-12-34-22)29-20-8-4-3-7-17(18)20;/h3-5,7-9,12-15H,6,10-11H2,1-2H3;1H. The molecule has 10 heteroatoms. The zero-order valence-corrected chi connectivity index (χ0v) is 22.0. The molecule has 0 radical (unpaired) electrons. The van der Waals surface area contributed by atoms with Crippen molar-refractivity contribution in [2.75, 3.05) is 32.1 Å². The van der Waals surface area contributed by atoms with Gasteiger partial charge >= 0.3 is 0 Å². The van der Waals surface area contributed by atoms with Crippen LogP contribution in [0.25, 0.3) is 31.7 Å². The zero-order valence-electron chi connectivity index (χ0n) is 19.6. The number of benzene rings is 2. The summed E-state index contributed by atoms with van der Waals surface area (Å²) < 4.78 is 28.6. The van der Waals surface area contributed by atoms with Crippen molar-refractivity contribution < 1.29 is 13.6 Å². The molecule has 0 N–H and O–H groups in total. The van der Waals surface area contributed by atoms with E-state index in [-0.39, 0.29) is 23.8 Å². The van der Waals surface area contributed by atoms with Gasteiger partial charge in [-0.3, -0.25) is 9.69 Å². The van der Waals surface area contributed by atoms with Crippen LogP contribution in [-0.2, 0) is 0 Å². The molecule has 3 heterocycles. The maximum absolute atomic E-state index is 14.4. The van der Waals surface area contributed by atoms with E-state index in [0.717, 1.165) is 34.2 Å². The van der Waals surface area contributed by atoms with Crippen LogP contribution in [-0.4, -0.2) is 48.0 Å². The number of anilines is 1. The van der Waals surface area contributed by atoms with Crippen molar-refractivity contribution in [1.82, 2.24) is 14.9 Å². The van der Waals surface area contributed by atoms with Crippen molar-refractivity contribution in [3.05, 3.63) is 77.2 Å². The van der Waals surface area contributed by atoms with Crippen LogP contribution < -0.4 is 4.90 Å². The van der Waals surface area contributed by atoms with Crippen LogP contribution in [0.15, 0.2) is 60.0 Å². The van der Waals surface area contributed by atoms with Crippen molar-refractivity contribution in [2.45, 2.75) is 6.42 Å². The summed E-state index contributed by atoms with van der Waals surface area (Å²) in [7, 11) is 3.93. The molecule has 5 rings (SSSR count). The van der Waals surface area contributed by atoms with Crippen LogP contribution in [0, 0.1) is 11.6 Å². The number of thiazole rings is 1. The van der Waals surface area contributed by atoms with Crippen molar-refractivity contribution >= 4 is 67.2 Å². The maximum Gasteiger partial charge on any atom is 0.260 e. The van der Waals surface area contributed by atoms with E-state index in [9.17, 15) is 13.6 Å². The summed E-state index contributed by atoms with van der Waals surface area (Å²) in [6.45, 7) is 1.14. The number of thiophene rings is 1. The first-order chi connectivity index (χ1) is 16.9. The van der Waals surface area contributed by atoms with Crippen LogP contribution in [0.2, 0.25) is 0 Å². The predicted molar refractivity (Wildman–Crippen MR) is 147 cm³/mol. The second kappa shape index (κ2) is 11.0. The lowest BCUT2D eigenvalue weighted by molar-refractivity contribution is 0.0987. The van der Waals surface area contributed by atoms with E-state index in [2.05, 4.69) is 4.98 Å². The molecule has 0 unspecified atom stereocenters. The highest BCUT2D eigenvalue weighted by Gasteiger charge is 2.25. The molecule has 0 aliphatic heterocycles. The van der Waals surface area contributed by atoms with Gasteiger partial charge in [-0.15, -0.1) is 23.7 Å². The second-order valence-corrected chi connectivity index (χ2v) is 10.4. The SMILES string of the molecule is CN(C)CCCN(C(=O)c1cc(-c2cccs2)nc2ccccc12)c1nc2c(F)cc(F)cc2s1.Cl. The fourth-order valence-electron chi connectivity index (χ4n) is 3.94. The van der Waals surface area contributed by atoms with E-state index in [4.69, 9.17) is 4.98 Å². The van der Waals surface area contributed by atoms with E-state index in [1.165, 1.54) is 6.07 Å². The lowest BCUT2D eigenvalue weighted by Crippen LogP contribution is -2.33. The first-order valence-electron chi connectivity index (χ1n) is 11.1. The van der Waals surface area contributed by atoms with Gasteiger partial charge in [0.25, 0.3) is 5.91 Å². The van der Waals surface area contributed by atoms with Gasteiger partial charge < -0.3 is 4.90 Å². The predicted octanol–water partition coefficient (Wildman–Crippen LogP) is 6.87. The smallest absolute Gasteiger partial charge is 0.260 e. The Morgan fingerprint density at radius 1 is 1.00 bits per heavy atom. The molecule has 1 amide bonds. The zero-order chi connectivity index (χ0) is 24.5. The number of pyridine rings is 1. The monoisotopic (exact) mass is 544 g/mol. The van der Waals surface area contributed by atoms with Gasteiger partial charge in [-0.25, -0.2) is 18.7 Å². The number of nitrogens with zero attached hydrogens (tertiary/aromatic N) is 4. The molecule has 0 saturated heterocycles. The van der Waals surface area contributed by atoms with Crippen molar-refractivity contribution in [3.8, 4) is 10.6 Å². The molecule has 5 nitrogen and oxygen atoms in total. The number of aromatic nitrogens is 2. The Bertz CT molecular complexity index is 1520. The quantitative estimate of drug-likeness (QED) is 0.224. The van der Waals surface area contributed by atoms with E-state index >= 15 is 0 Å². The molecule has 0 aliphatic rings. The molecule has 0 fully saturated rings. The van der Waals surface area contributed by atoms with Crippen molar-refractivity contribution in [2.24, 2.45) is 0 Å². The molecular formula is C26H23ClF2N4OS2. The third-order valence-corrected chi connectivity index (χ3v) is 7.50. The van der Waals surface area contributed by atoms with Crippen LogP contribution >= 0.6 is 35.1 Å². The lowest BCUT2D eigenvalue weighted by Gasteiger charge is -2.22. The molecular weight excluding hydrogens is 522 g/mol. The summed E-state index contributed by atoms with van der Waals surface area (Å²) in [5, 5.41) is 3.04. The van der Waals surface area contributed by atoms with Gasteiger partial charge in [0, 0.05) is 18.0 Å². The number of amides is 1. The lowest BCUT2D eigenvalue weighted by atomic mass is 10.1. The normalized spacial score (nSPS) is 11.2. The molecule has 36 heavy (non-hydrogen) atoms. The van der Waals surface area contributed by atoms with Crippen LogP contribution in [0.4, 0.5) is 13.9 Å². The van der Waals surface area contributed by atoms with Crippen molar-refractivity contribution in [1.29, 1.82) is 0 Å². The van der Waals surface area contributed by atoms with Crippen LogP contribution in [0.5, 0.6) is 0 Å². The molecule has 2 aromatic carbocycles. The van der Waals surface area contributed by atoms with E-state index in [0.29, 0.717) is 39.6 Å². The van der Waals surface area contributed by atoms with E-state index < -0.39 is 11.6 Å². The summed E-state index contributed by atoms with van der Waals surface area (Å²) in [4.78, 5) is 27.8. The summed E-state index contributed by atoms with van der Waals surface area (Å²) in [5.41, 5.74) is 1.99. The minimum Gasteiger partial charge on any atom is -0.309 e. The van der Waals surface area contributed by atoms with E-state index in [1.54, 1.807) is 16.2 Å². The average molecular weight is 545 g/mol. The number of carbonyl (C=O) groups is 1. The second-order valence-electron chi connectivity index (χ2n) is 8.39. The van der Waals surface area contributed by atoms with Gasteiger partial charge in [0.1, 0.15) is 11.3 Å². The van der Waals surface area contributed by atoms with E-state index in [1.807, 2.05) is 66.8 Å². The van der Waals surface area contributed by atoms with Crippen molar-refractivity contribution in [3.63, 3.8) is 0 Å². The Kier molecular flexibility index (Phi) is 7.94. The topological polar surface area (TPSA) is 49.3 Å². The van der Waals surface area contributed by atoms with Crippen LogP contribution in [0.3, 0.4) is 0 Å². The first kappa shape index (κ1) is 26.1. The summed E-state index contributed by atoms with van der Waals surface area (Å²) in [5.74, 6) is -1.66. The maximum atomic E-state index is 14.4. The molecule has 0 saturated carbocycles. The van der Waals surface area contributed by atoms with Gasteiger partial charge in [0.05, 0.1) is 26.4 Å². The fourth-order valence-corrected chi connectivity index (χ4v) is 5.65. The summed E-state index contributed by atoms with van der Waals surface area (Å²) >= 11 is 2.66. The molecule has 5 aromatic rings. The molecule has 186 valence electrons. The molecule has 0 bridgehead atoms. The Balaban J connectivity index is 0.00000304. The Morgan fingerprint density at radius 3 is 2.56 bits per heavy atom. The number of hydrogen-bond acceptors (Lipinski definition) is 6. The minimum atomic E-state index is -0.738. The van der Waals surface area contributed by atoms with Gasteiger partial charge in [0.15, 0.2) is 10.9 Å². The average Bonchev–Trinajstić information content (AvgIpc) is 3.51. The molecule has 0 atom stereocenters. The third-order valence-electron chi connectivity index (χ3n) is 5.59. The van der Waals surface area contributed by atoms with Gasteiger partial charge in [-0.1, -0.05) is 35.6 Å². The Morgan fingerprint density at radius 2 is 1.81 bits per heavy atom. The number of carbonyl (C=O) groups excluding carboxylic acids is 1. The van der Waals surface area contributed by atoms with Gasteiger partial charge in [-0.2, -0.15) is 0 Å². The first-order valence-corrected chi connectivity index (χ1v) is 12.8. The minimum absolute atomic E-state index is 0. The highest BCUT2D eigenvalue weighted by Crippen LogP contribution is 2.34. The van der Waals surface area contributed by atoms with Gasteiger partial charge in [-0.05, 0) is 56.7 Å². The summed E-state index contributed by atoms with van der Waals surface area (Å²) in [6, 6.07) is 15.3. The number of hydrogen-bond donors (Lipinski definition) is 0. The fraction of sp³-hybridized carbons (Fsp3) is 0.192. The number of para-hydroxylation sites is 1. The van der Waals surface area contributed by atoms with Crippen LogP contribution in [0.1, 0.15) is 16.8 Å². The third kappa shape index (κ3) is 5.24. The Hall–Kier alpha value is -2.98. The number of fused-ring (bicyclic) bond motifs is 2. The Labute approximate surface area is 221 Å². The number of rotatable bonds is 7. The summed E-state index contributed by atoms with van der Waals surface area (Å²) in [6.07, 6.45) is 0.687. The molecule has 0 aliphatic carbocycles. The number of halogens is 3. The molecule has 3 aromatic heterocycles. The largest absolute Gasteiger partial charge is 0.309 e. The highest BCUT2D eigenvalue weighted by molar-refractivity contribution is 7.22. The van der Waals surface area contributed by atoms with Gasteiger partial charge in [0.2, 0.25) is 0 Å².